The first kappa shape index (κ1) is 17.4. The lowest BCUT2D eigenvalue weighted by Crippen LogP contribution is -2.52. The largest absolute Gasteiger partial charge is 0.481 e. The summed E-state index contributed by atoms with van der Waals surface area (Å²) in [6, 6.07) is 0. The molecule has 0 aromatic rings. The smallest absolute Gasteiger partial charge is 0.307 e. The first-order valence-electron chi connectivity index (χ1n) is 9.18. The maximum absolute atomic E-state index is 12.6. The third kappa shape index (κ3) is 2.47. The van der Waals surface area contributed by atoms with Crippen LogP contribution >= 0.6 is 0 Å². The van der Waals surface area contributed by atoms with Crippen LogP contribution in [0.25, 0.3) is 0 Å². The highest BCUT2D eigenvalue weighted by atomic mass is 16.4. The molecule has 0 bridgehead atoms. The van der Waals surface area contributed by atoms with Gasteiger partial charge in [-0.25, -0.2) is 0 Å². The minimum absolute atomic E-state index is 0.0329. The predicted molar refractivity (Wildman–Crippen MR) is 87.4 cm³/mol. The molecule has 134 valence electrons. The third-order valence-corrected chi connectivity index (χ3v) is 7.75. The molecule has 0 spiro atoms. The Balaban J connectivity index is 1.87. The quantitative estimate of drug-likeness (QED) is 0.821. The monoisotopic (exact) mass is 336 g/mol. The molecule has 5 heteroatoms. The van der Waals surface area contributed by atoms with Crippen LogP contribution in [0.2, 0.25) is 0 Å². The van der Waals surface area contributed by atoms with Gasteiger partial charge in [-0.1, -0.05) is 13.8 Å². The van der Waals surface area contributed by atoms with E-state index in [-0.39, 0.29) is 29.5 Å². The van der Waals surface area contributed by atoms with Crippen molar-refractivity contribution in [2.45, 2.75) is 65.2 Å². The lowest BCUT2D eigenvalue weighted by atomic mass is 9.48. The fraction of sp³-hybridized carbons (Fsp3) is 0.842. The Morgan fingerprint density at radius 2 is 1.79 bits per heavy atom. The molecule has 0 heterocycles. The van der Waals surface area contributed by atoms with E-state index in [1.807, 2.05) is 6.92 Å². The van der Waals surface area contributed by atoms with Crippen molar-refractivity contribution in [3.8, 4) is 0 Å². The van der Waals surface area contributed by atoms with Gasteiger partial charge in [-0.3, -0.25) is 14.4 Å². The van der Waals surface area contributed by atoms with Crippen molar-refractivity contribution in [1.29, 1.82) is 0 Å². The molecule has 0 amide bonds. The van der Waals surface area contributed by atoms with Gasteiger partial charge in [0.05, 0.1) is 5.92 Å². The Bertz CT molecular complexity index is 570. The average molecular weight is 336 g/mol. The van der Waals surface area contributed by atoms with Crippen molar-refractivity contribution in [3.63, 3.8) is 0 Å². The van der Waals surface area contributed by atoms with Gasteiger partial charge in [0.1, 0.15) is 5.78 Å². The number of carbonyl (C=O) groups excluding carboxylic acids is 1. The SMILES string of the molecule is CC12CCC3C(CCC(=O)[C@]3(C)CCC(=O)O)C1CCC2C(=O)O. The van der Waals surface area contributed by atoms with Gasteiger partial charge >= 0.3 is 11.9 Å². The van der Waals surface area contributed by atoms with E-state index in [2.05, 4.69) is 6.92 Å². The number of hydrogen-bond acceptors (Lipinski definition) is 3. The first-order valence-corrected chi connectivity index (χ1v) is 9.18. The molecular formula is C19H28O5. The van der Waals surface area contributed by atoms with Crippen molar-refractivity contribution in [1.82, 2.24) is 0 Å². The van der Waals surface area contributed by atoms with E-state index in [9.17, 15) is 19.5 Å². The maximum Gasteiger partial charge on any atom is 0.307 e. The summed E-state index contributed by atoms with van der Waals surface area (Å²) in [5.41, 5.74) is -0.717. The van der Waals surface area contributed by atoms with Crippen molar-refractivity contribution in [2.75, 3.05) is 0 Å². The summed E-state index contributed by atoms with van der Waals surface area (Å²) in [4.78, 5) is 35.3. The molecule has 3 fully saturated rings. The second kappa shape index (κ2) is 5.85. The topological polar surface area (TPSA) is 91.7 Å². The third-order valence-electron chi connectivity index (χ3n) is 7.75. The van der Waals surface area contributed by atoms with Crippen LogP contribution in [0, 0.1) is 34.5 Å². The van der Waals surface area contributed by atoms with Crippen LogP contribution in [-0.4, -0.2) is 27.9 Å². The molecule has 5 unspecified atom stereocenters. The zero-order chi connectivity index (χ0) is 17.7. The molecule has 3 rings (SSSR count). The Hall–Kier alpha value is -1.39. The standard InChI is InChI=1S/C19H28O5/c1-18-9-7-13-11(12(18)4-5-14(18)17(23)24)3-6-15(20)19(13,2)10-8-16(21)22/h11-14H,3-10H2,1-2H3,(H,21,22)(H,23,24)/t11?,12?,13?,14?,18?,19-/m1/s1. The van der Waals surface area contributed by atoms with Gasteiger partial charge in [0, 0.05) is 18.3 Å². The second-order valence-electron chi connectivity index (χ2n) is 8.66. The summed E-state index contributed by atoms with van der Waals surface area (Å²) in [5.74, 6) is -0.659. The number of ketones is 1. The van der Waals surface area contributed by atoms with Crippen LogP contribution in [0.3, 0.4) is 0 Å². The summed E-state index contributed by atoms with van der Waals surface area (Å²) in [6.07, 6.45) is 5.16. The van der Waals surface area contributed by atoms with Crippen LogP contribution < -0.4 is 0 Å². The molecule has 6 atom stereocenters. The fourth-order valence-electron chi connectivity index (χ4n) is 6.37. The van der Waals surface area contributed by atoms with E-state index in [4.69, 9.17) is 5.11 Å². The van der Waals surface area contributed by atoms with Crippen LogP contribution in [0.4, 0.5) is 0 Å². The van der Waals surface area contributed by atoms with Gasteiger partial charge in [-0.15, -0.1) is 0 Å². The highest BCUT2D eigenvalue weighted by Crippen LogP contribution is 2.64. The fourth-order valence-corrected chi connectivity index (χ4v) is 6.37. The van der Waals surface area contributed by atoms with E-state index in [1.165, 1.54) is 0 Å². The summed E-state index contributed by atoms with van der Waals surface area (Å²) in [6.45, 7) is 4.09. The molecule has 0 aromatic heterocycles. The van der Waals surface area contributed by atoms with Gasteiger partial charge < -0.3 is 10.2 Å². The number of fused-ring (bicyclic) bond motifs is 3. The van der Waals surface area contributed by atoms with Gasteiger partial charge in [-0.05, 0) is 61.7 Å². The van der Waals surface area contributed by atoms with E-state index >= 15 is 0 Å². The van der Waals surface area contributed by atoms with Crippen molar-refractivity contribution in [3.05, 3.63) is 0 Å². The number of carboxylic acid groups (broad SMARTS) is 2. The van der Waals surface area contributed by atoms with E-state index < -0.39 is 17.4 Å². The van der Waals surface area contributed by atoms with Crippen molar-refractivity contribution in [2.24, 2.45) is 34.5 Å². The van der Waals surface area contributed by atoms with Gasteiger partial charge in [-0.2, -0.15) is 0 Å². The molecule has 0 aromatic carbocycles. The first-order chi connectivity index (χ1) is 11.2. The van der Waals surface area contributed by atoms with Crippen LogP contribution in [0.15, 0.2) is 0 Å². The molecule has 0 aliphatic heterocycles. The van der Waals surface area contributed by atoms with Gasteiger partial charge in [0.15, 0.2) is 0 Å². The number of Topliss-reactive ketones (excluding diaryl/α,β-unsaturated/α-hetero) is 1. The molecule has 3 aliphatic rings. The zero-order valence-corrected chi connectivity index (χ0v) is 14.6. The lowest BCUT2D eigenvalue weighted by Gasteiger charge is -2.55. The number of rotatable bonds is 4. The number of aliphatic carboxylic acids is 2. The molecule has 2 N–H and O–H groups in total. The van der Waals surface area contributed by atoms with Crippen LogP contribution in [0.5, 0.6) is 0 Å². The Labute approximate surface area is 142 Å². The van der Waals surface area contributed by atoms with Crippen LogP contribution in [0.1, 0.15) is 65.2 Å². The molecule has 3 saturated carbocycles. The highest BCUT2D eigenvalue weighted by molar-refractivity contribution is 5.86. The Morgan fingerprint density at radius 3 is 2.42 bits per heavy atom. The lowest BCUT2D eigenvalue weighted by molar-refractivity contribution is -0.155. The second-order valence-corrected chi connectivity index (χ2v) is 8.66. The minimum atomic E-state index is -0.849. The van der Waals surface area contributed by atoms with Gasteiger partial charge in [0.2, 0.25) is 0 Å². The van der Waals surface area contributed by atoms with E-state index in [1.54, 1.807) is 0 Å². The normalized spacial score (nSPS) is 44.7. The summed E-state index contributed by atoms with van der Waals surface area (Å²) < 4.78 is 0. The molecule has 5 nitrogen and oxygen atoms in total. The van der Waals surface area contributed by atoms with Gasteiger partial charge in [0.25, 0.3) is 0 Å². The van der Waals surface area contributed by atoms with Crippen LogP contribution in [-0.2, 0) is 14.4 Å². The Kier molecular flexibility index (Phi) is 4.25. The molecule has 24 heavy (non-hydrogen) atoms. The zero-order valence-electron chi connectivity index (χ0n) is 14.6. The molecular weight excluding hydrogens is 308 g/mol. The maximum atomic E-state index is 12.6. The predicted octanol–water partition coefficient (Wildman–Crippen LogP) is 3.36. The summed E-state index contributed by atoms with van der Waals surface area (Å²) in [5, 5.41) is 18.6. The summed E-state index contributed by atoms with van der Waals surface area (Å²) in [7, 11) is 0. The molecule has 0 saturated heterocycles. The number of carbonyl (C=O) groups is 3. The van der Waals surface area contributed by atoms with E-state index in [0.29, 0.717) is 24.7 Å². The number of carboxylic acids is 2. The van der Waals surface area contributed by atoms with Crippen molar-refractivity contribution >= 4 is 17.7 Å². The molecule has 3 aliphatic carbocycles. The van der Waals surface area contributed by atoms with Crippen molar-refractivity contribution < 1.29 is 24.6 Å². The Morgan fingerprint density at radius 1 is 1.08 bits per heavy atom. The minimum Gasteiger partial charge on any atom is -0.481 e. The number of hydrogen-bond donors (Lipinski definition) is 2. The summed E-state index contributed by atoms with van der Waals surface area (Å²) >= 11 is 0. The highest BCUT2D eigenvalue weighted by Gasteiger charge is 2.60. The average Bonchev–Trinajstić information content (AvgIpc) is 2.86. The molecule has 0 radical (unpaired) electrons. The van der Waals surface area contributed by atoms with E-state index in [0.717, 1.165) is 32.1 Å².